The van der Waals surface area contributed by atoms with Crippen molar-refractivity contribution in [2.24, 2.45) is 0 Å². The van der Waals surface area contributed by atoms with Gasteiger partial charge in [0, 0.05) is 20.9 Å². The lowest BCUT2D eigenvalue weighted by Crippen LogP contribution is -2.33. The molecule has 1 aromatic heterocycles. The molecule has 3 aromatic rings. The minimum atomic E-state index is -3.46. The molecule has 1 heterocycles. The van der Waals surface area contributed by atoms with E-state index in [1.165, 1.54) is 12.1 Å². The fourth-order valence-electron chi connectivity index (χ4n) is 2.41. The highest BCUT2D eigenvalue weighted by molar-refractivity contribution is 9.11. The Hall–Kier alpha value is -1.97. The molecule has 3 rings (SSSR count). The molecule has 9 heteroatoms. The van der Waals surface area contributed by atoms with Crippen LogP contribution >= 0.6 is 31.9 Å². The Morgan fingerprint density at radius 3 is 2.48 bits per heavy atom. The normalized spacial score (nSPS) is 11.3. The van der Waals surface area contributed by atoms with E-state index in [9.17, 15) is 13.2 Å². The Balaban J connectivity index is 1.57. The summed E-state index contributed by atoms with van der Waals surface area (Å²) in [4.78, 5) is 16.6. The molecule has 27 heavy (non-hydrogen) atoms. The minimum absolute atomic E-state index is 0.0106. The monoisotopic (exact) mass is 511 g/mol. The first kappa shape index (κ1) is 19.8. The SMILES string of the molecule is O=C(NCCS(=O)(=O)c1ccc(Br)cc1)Nc1ccc2c(Br)cccc2n1. The number of hydrogen-bond donors (Lipinski definition) is 2. The number of nitrogens with zero attached hydrogens (tertiary/aromatic N) is 1. The van der Waals surface area contributed by atoms with Crippen LogP contribution < -0.4 is 10.6 Å². The van der Waals surface area contributed by atoms with E-state index in [1.54, 1.807) is 18.2 Å². The summed E-state index contributed by atoms with van der Waals surface area (Å²) in [6.45, 7) is -0.0106. The maximum atomic E-state index is 12.3. The first-order valence-electron chi connectivity index (χ1n) is 7.94. The lowest BCUT2D eigenvalue weighted by atomic mass is 10.2. The summed E-state index contributed by atoms with van der Waals surface area (Å²) in [7, 11) is -3.46. The molecule has 0 spiro atoms. The van der Waals surface area contributed by atoms with Gasteiger partial charge in [-0.25, -0.2) is 18.2 Å². The summed E-state index contributed by atoms with van der Waals surface area (Å²) in [5.74, 6) is 0.189. The smallest absolute Gasteiger partial charge is 0.320 e. The average Bonchev–Trinajstić information content (AvgIpc) is 2.62. The largest absolute Gasteiger partial charge is 0.337 e. The number of nitrogens with one attached hydrogen (secondary N) is 2. The number of carbonyl (C=O) groups is 1. The standard InChI is InChI=1S/C18H15Br2N3O3S/c19-12-4-6-13(7-5-12)27(25,26)11-10-21-18(24)23-17-9-8-14-15(20)2-1-3-16(14)22-17/h1-9H,10-11H2,(H2,21,22,23,24). The fraction of sp³-hybridized carbons (Fsp3) is 0.111. The summed E-state index contributed by atoms with van der Waals surface area (Å²) in [5, 5.41) is 6.08. The van der Waals surface area contributed by atoms with Gasteiger partial charge in [-0.2, -0.15) is 0 Å². The average molecular weight is 513 g/mol. The van der Waals surface area contributed by atoms with Crippen LogP contribution in [0.15, 0.2) is 68.4 Å². The van der Waals surface area contributed by atoms with Crippen LogP contribution in [0.2, 0.25) is 0 Å². The van der Waals surface area contributed by atoms with Crippen molar-refractivity contribution in [3.05, 3.63) is 63.5 Å². The van der Waals surface area contributed by atoms with Crippen molar-refractivity contribution in [2.75, 3.05) is 17.6 Å². The van der Waals surface area contributed by atoms with Crippen molar-refractivity contribution in [1.82, 2.24) is 10.3 Å². The summed E-state index contributed by atoms with van der Waals surface area (Å²) in [5.41, 5.74) is 0.736. The van der Waals surface area contributed by atoms with Crippen LogP contribution in [0.25, 0.3) is 10.9 Å². The molecular formula is C18H15Br2N3O3S. The molecule has 0 saturated carbocycles. The quantitative estimate of drug-likeness (QED) is 0.531. The second-order valence-corrected chi connectivity index (χ2v) is 9.54. The van der Waals surface area contributed by atoms with Crippen LogP contribution in [-0.2, 0) is 9.84 Å². The number of anilines is 1. The molecule has 0 aliphatic carbocycles. The molecule has 6 nitrogen and oxygen atoms in total. The zero-order valence-corrected chi connectivity index (χ0v) is 17.9. The summed E-state index contributed by atoms with van der Waals surface area (Å²) >= 11 is 6.71. The molecule has 0 aliphatic rings. The van der Waals surface area contributed by atoms with Crippen molar-refractivity contribution in [3.63, 3.8) is 0 Å². The molecule has 0 atom stereocenters. The molecule has 0 fully saturated rings. The Morgan fingerprint density at radius 2 is 1.74 bits per heavy atom. The number of carbonyl (C=O) groups excluding carboxylic acids is 1. The Labute approximate surface area is 173 Å². The van der Waals surface area contributed by atoms with Crippen molar-refractivity contribution < 1.29 is 13.2 Å². The molecule has 0 bridgehead atoms. The zero-order chi connectivity index (χ0) is 19.4. The van der Waals surface area contributed by atoms with Crippen LogP contribution in [0.5, 0.6) is 0 Å². The molecule has 0 aliphatic heterocycles. The van der Waals surface area contributed by atoms with Gasteiger partial charge in [0.05, 0.1) is 16.2 Å². The molecule has 0 saturated heterocycles. The van der Waals surface area contributed by atoms with Crippen molar-refractivity contribution in [2.45, 2.75) is 4.90 Å². The number of aromatic nitrogens is 1. The van der Waals surface area contributed by atoms with Crippen molar-refractivity contribution in [3.8, 4) is 0 Å². The molecule has 0 unspecified atom stereocenters. The van der Waals surface area contributed by atoms with Crippen molar-refractivity contribution in [1.29, 1.82) is 0 Å². The number of urea groups is 1. The van der Waals surface area contributed by atoms with Gasteiger partial charge in [0.25, 0.3) is 0 Å². The number of hydrogen-bond acceptors (Lipinski definition) is 4. The van der Waals surface area contributed by atoms with Gasteiger partial charge in [-0.1, -0.05) is 37.9 Å². The fourth-order valence-corrected chi connectivity index (χ4v) is 4.32. The van der Waals surface area contributed by atoms with Gasteiger partial charge < -0.3 is 5.32 Å². The topological polar surface area (TPSA) is 88.2 Å². The van der Waals surface area contributed by atoms with Crippen LogP contribution in [0, 0.1) is 0 Å². The highest BCUT2D eigenvalue weighted by Gasteiger charge is 2.14. The van der Waals surface area contributed by atoms with Gasteiger partial charge in [-0.3, -0.25) is 5.32 Å². The summed E-state index contributed by atoms with van der Waals surface area (Å²) in [6, 6.07) is 15.0. The number of benzene rings is 2. The third-order valence-corrected chi connectivity index (χ3v) is 6.70. The number of fused-ring (bicyclic) bond motifs is 1. The lowest BCUT2D eigenvalue weighted by Gasteiger charge is -2.09. The number of pyridine rings is 1. The predicted octanol–water partition coefficient (Wildman–Crippen LogP) is 4.36. The minimum Gasteiger partial charge on any atom is -0.337 e. The van der Waals surface area contributed by atoms with Crippen LogP contribution in [0.4, 0.5) is 10.6 Å². The van der Waals surface area contributed by atoms with Gasteiger partial charge >= 0.3 is 6.03 Å². The maximum Gasteiger partial charge on any atom is 0.320 e. The van der Waals surface area contributed by atoms with Crippen LogP contribution in [-0.4, -0.2) is 31.7 Å². The first-order valence-corrected chi connectivity index (χ1v) is 11.2. The summed E-state index contributed by atoms with van der Waals surface area (Å²) < 4.78 is 26.2. The highest BCUT2D eigenvalue weighted by Crippen LogP contribution is 2.23. The summed E-state index contributed by atoms with van der Waals surface area (Å²) in [6.07, 6.45) is 0. The second kappa shape index (κ2) is 8.37. The van der Waals surface area contributed by atoms with Gasteiger partial charge in [-0.05, 0) is 48.5 Å². The molecule has 2 amide bonds. The Morgan fingerprint density at radius 1 is 1.00 bits per heavy atom. The van der Waals surface area contributed by atoms with Crippen molar-refractivity contribution >= 4 is 64.4 Å². The third-order valence-electron chi connectivity index (χ3n) is 3.75. The van der Waals surface area contributed by atoms with E-state index in [1.807, 2.05) is 24.3 Å². The van der Waals surface area contributed by atoms with E-state index < -0.39 is 15.9 Å². The van der Waals surface area contributed by atoms with Gasteiger partial charge in [-0.15, -0.1) is 0 Å². The van der Waals surface area contributed by atoms with E-state index in [4.69, 9.17) is 0 Å². The number of halogens is 2. The molecular weight excluding hydrogens is 498 g/mol. The predicted molar refractivity (Wildman–Crippen MR) is 113 cm³/mol. The van der Waals surface area contributed by atoms with Gasteiger partial charge in [0.15, 0.2) is 9.84 Å². The van der Waals surface area contributed by atoms with E-state index in [0.29, 0.717) is 5.82 Å². The van der Waals surface area contributed by atoms with E-state index in [2.05, 4.69) is 47.5 Å². The third kappa shape index (κ3) is 5.06. The van der Waals surface area contributed by atoms with Gasteiger partial charge in [0.1, 0.15) is 5.82 Å². The van der Waals surface area contributed by atoms with Gasteiger partial charge in [0.2, 0.25) is 0 Å². The second-order valence-electron chi connectivity index (χ2n) is 5.66. The van der Waals surface area contributed by atoms with Crippen LogP contribution in [0.3, 0.4) is 0 Å². The number of sulfone groups is 1. The first-order chi connectivity index (χ1) is 12.8. The number of amides is 2. The molecule has 2 aromatic carbocycles. The number of rotatable bonds is 5. The zero-order valence-electron chi connectivity index (χ0n) is 13.9. The van der Waals surface area contributed by atoms with Crippen LogP contribution in [0.1, 0.15) is 0 Å². The molecule has 0 radical (unpaired) electrons. The molecule has 140 valence electrons. The van der Waals surface area contributed by atoms with E-state index in [-0.39, 0.29) is 17.2 Å². The van der Waals surface area contributed by atoms with E-state index >= 15 is 0 Å². The molecule has 2 N–H and O–H groups in total. The lowest BCUT2D eigenvalue weighted by molar-refractivity contribution is 0.252. The van der Waals surface area contributed by atoms with E-state index in [0.717, 1.165) is 19.8 Å². The maximum absolute atomic E-state index is 12.3. The highest BCUT2D eigenvalue weighted by atomic mass is 79.9. The Bertz CT molecular complexity index is 1090. The Kier molecular flexibility index (Phi) is 6.13.